The van der Waals surface area contributed by atoms with E-state index in [0.29, 0.717) is 6.42 Å². The standard InChI is InChI=1S/C17H22N2O2/c1-10-16(12(3)21-18-10)11(2)19-7-6-13-14(19)8-17(4,5)9-15(13)20/h6-7,11H,8-9H2,1-5H3. The lowest BCUT2D eigenvalue weighted by atomic mass is 9.76. The third kappa shape index (κ3) is 2.23. The van der Waals surface area contributed by atoms with E-state index in [1.54, 1.807) is 0 Å². The molecule has 0 spiro atoms. The van der Waals surface area contributed by atoms with Crippen LogP contribution in [0.1, 0.15) is 66.3 Å². The van der Waals surface area contributed by atoms with Crippen molar-refractivity contribution in [2.75, 3.05) is 0 Å². The van der Waals surface area contributed by atoms with Gasteiger partial charge < -0.3 is 9.09 Å². The number of carbonyl (C=O) groups excluding carboxylic acids is 1. The van der Waals surface area contributed by atoms with E-state index in [4.69, 9.17) is 4.52 Å². The topological polar surface area (TPSA) is 48.0 Å². The maximum Gasteiger partial charge on any atom is 0.165 e. The van der Waals surface area contributed by atoms with Crippen LogP contribution in [0.15, 0.2) is 16.8 Å². The summed E-state index contributed by atoms with van der Waals surface area (Å²) in [6.07, 6.45) is 3.58. The average Bonchev–Trinajstić information content (AvgIpc) is 2.91. The fraction of sp³-hybridized carbons (Fsp3) is 0.529. The van der Waals surface area contributed by atoms with Gasteiger partial charge in [-0.25, -0.2) is 0 Å². The Bertz CT molecular complexity index is 687. The van der Waals surface area contributed by atoms with Crippen molar-refractivity contribution in [2.24, 2.45) is 5.41 Å². The Morgan fingerprint density at radius 1 is 1.33 bits per heavy atom. The molecule has 2 aromatic heterocycles. The van der Waals surface area contributed by atoms with E-state index in [1.165, 1.54) is 0 Å². The zero-order chi connectivity index (χ0) is 15.4. The molecule has 1 aliphatic carbocycles. The summed E-state index contributed by atoms with van der Waals surface area (Å²) in [6.45, 7) is 10.4. The summed E-state index contributed by atoms with van der Waals surface area (Å²) in [4.78, 5) is 12.3. The van der Waals surface area contributed by atoms with Crippen molar-refractivity contribution in [2.45, 2.75) is 53.5 Å². The van der Waals surface area contributed by atoms with Gasteiger partial charge in [0.25, 0.3) is 0 Å². The second-order valence-electron chi connectivity index (χ2n) is 6.94. The molecule has 4 heteroatoms. The molecule has 0 saturated heterocycles. The second kappa shape index (κ2) is 4.58. The predicted molar refractivity (Wildman–Crippen MR) is 80.7 cm³/mol. The molecule has 112 valence electrons. The monoisotopic (exact) mass is 286 g/mol. The molecular weight excluding hydrogens is 264 g/mol. The van der Waals surface area contributed by atoms with Crippen molar-refractivity contribution in [1.82, 2.24) is 9.72 Å². The molecule has 1 atom stereocenters. The van der Waals surface area contributed by atoms with Gasteiger partial charge in [-0.2, -0.15) is 0 Å². The molecule has 3 rings (SSSR count). The smallest absolute Gasteiger partial charge is 0.165 e. The van der Waals surface area contributed by atoms with Crippen molar-refractivity contribution < 1.29 is 9.32 Å². The zero-order valence-electron chi connectivity index (χ0n) is 13.4. The normalized spacial score (nSPS) is 18.6. The molecule has 2 heterocycles. The van der Waals surface area contributed by atoms with Gasteiger partial charge in [0.15, 0.2) is 5.78 Å². The van der Waals surface area contributed by atoms with Crippen molar-refractivity contribution in [3.8, 4) is 0 Å². The summed E-state index contributed by atoms with van der Waals surface area (Å²) < 4.78 is 7.50. The number of ketones is 1. The lowest BCUT2D eigenvalue weighted by Crippen LogP contribution is -2.28. The Morgan fingerprint density at radius 3 is 2.67 bits per heavy atom. The highest BCUT2D eigenvalue weighted by molar-refractivity contribution is 5.98. The molecule has 0 saturated carbocycles. The van der Waals surface area contributed by atoms with Crippen LogP contribution in [0.5, 0.6) is 0 Å². The number of fused-ring (bicyclic) bond motifs is 1. The van der Waals surface area contributed by atoms with Crippen LogP contribution in [0.4, 0.5) is 0 Å². The Kier molecular flexibility index (Phi) is 3.08. The van der Waals surface area contributed by atoms with Crippen LogP contribution in [-0.4, -0.2) is 15.5 Å². The molecule has 0 fully saturated rings. The molecule has 0 amide bonds. The van der Waals surface area contributed by atoms with Gasteiger partial charge in [-0.15, -0.1) is 0 Å². The van der Waals surface area contributed by atoms with E-state index in [0.717, 1.165) is 34.7 Å². The van der Waals surface area contributed by atoms with Crippen molar-refractivity contribution in [3.05, 3.63) is 40.5 Å². The van der Waals surface area contributed by atoms with E-state index >= 15 is 0 Å². The van der Waals surface area contributed by atoms with Gasteiger partial charge in [0.05, 0.1) is 11.7 Å². The third-order valence-corrected chi connectivity index (χ3v) is 4.53. The third-order valence-electron chi connectivity index (χ3n) is 4.53. The zero-order valence-corrected chi connectivity index (χ0v) is 13.4. The number of Topliss-reactive ketones (excluding diaryl/α,β-unsaturated/α-hetero) is 1. The first-order chi connectivity index (χ1) is 9.80. The number of aryl methyl sites for hydroxylation is 2. The second-order valence-corrected chi connectivity index (χ2v) is 6.94. The molecule has 1 unspecified atom stereocenters. The van der Waals surface area contributed by atoms with Crippen molar-refractivity contribution in [1.29, 1.82) is 0 Å². The number of carbonyl (C=O) groups is 1. The van der Waals surface area contributed by atoms with Gasteiger partial charge >= 0.3 is 0 Å². The van der Waals surface area contributed by atoms with Gasteiger partial charge in [0.1, 0.15) is 5.76 Å². The molecule has 0 N–H and O–H groups in total. The lowest BCUT2D eigenvalue weighted by molar-refractivity contribution is 0.0910. The highest BCUT2D eigenvalue weighted by Crippen LogP contribution is 2.37. The molecule has 1 aliphatic rings. The first-order valence-electron chi connectivity index (χ1n) is 7.46. The van der Waals surface area contributed by atoms with Crippen molar-refractivity contribution >= 4 is 5.78 Å². The molecule has 0 aromatic carbocycles. The molecule has 0 radical (unpaired) electrons. The quantitative estimate of drug-likeness (QED) is 0.842. The summed E-state index contributed by atoms with van der Waals surface area (Å²) in [6, 6.07) is 2.09. The van der Waals surface area contributed by atoms with Gasteiger partial charge in [0, 0.05) is 29.4 Å². The van der Waals surface area contributed by atoms with E-state index in [1.807, 2.05) is 26.1 Å². The molecule has 0 bridgehead atoms. The number of nitrogens with zero attached hydrogens (tertiary/aromatic N) is 2. The predicted octanol–water partition coefficient (Wildman–Crippen LogP) is 3.86. The summed E-state index contributed by atoms with van der Waals surface area (Å²) in [5, 5.41) is 4.05. The summed E-state index contributed by atoms with van der Waals surface area (Å²) in [5.74, 6) is 1.11. The molecule has 21 heavy (non-hydrogen) atoms. The highest BCUT2D eigenvalue weighted by Gasteiger charge is 2.34. The first-order valence-corrected chi connectivity index (χ1v) is 7.46. The van der Waals surface area contributed by atoms with E-state index in [9.17, 15) is 4.79 Å². The first kappa shape index (κ1) is 14.1. The Morgan fingerprint density at radius 2 is 2.05 bits per heavy atom. The van der Waals surface area contributed by atoms with Gasteiger partial charge in [0.2, 0.25) is 0 Å². The fourth-order valence-electron chi connectivity index (χ4n) is 3.55. The van der Waals surface area contributed by atoms with Gasteiger partial charge in [-0.3, -0.25) is 4.79 Å². The molecule has 2 aromatic rings. The maximum atomic E-state index is 12.3. The van der Waals surface area contributed by atoms with Crippen LogP contribution >= 0.6 is 0 Å². The van der Waals surface area contributed by atoms with Crippen LogP contribution in [0, 0.1) is 19.3 Å². The maximum absolute atomic E-state index is 12.3. The lowest BCUT2D eigenvalue weighted by Gasteiger charge is -2.31. The fourth-order valence-corrected chi connectivity index (χ4v) is 3.55. The minimum Gasteiger partial charge on any atom is -0.361 e. The van der Waals surface area contributed by atoms with E-state index in [2.05, 4.69) is 30.5 Å². The number of aromatic nitrogens is 2. The van der Waals surface area contributed by atoms with Crippen molar-refractivity contribution in [3.63, 3.8) is 0 Å². The summed E-state index contributed by atoms with van der Waals surface area (Å²) >= 11 is 0. The molecule has 4 nitrogen and oxygen atoms in total. The number of rotatable bonds is 2. The average molecular weight is 286 g/mol. The minimum absolute atomic E-state index is 0.0264. The van der Waals surface area contributed by atoms with E-state index in [-0.39, 0.29) is 17.2 Å². The summed E-state index contributed by atoms with van der Waals surface area (Å²) in [5.41, 5.74) is 4.09. The Labute approximate surface area is 125 Å². The van der Waals surface area contributed by atoms with Crippen LogP contribution in [0.25, 0.3) is 0 Å². The molecule has 0 aliphatic heterocycles. The van der Waals surface area contributed by atoms with Crippen LogP contribution in [0.3, 0.4) is 0 Å². The largest absolute Gasteiger partial charge is 0.361 e. The SMILES string of the molecule is Cc1noc(C)c1C(C)n1ccc2c1CC(C)(C)CC2=O. The van der Waals surface area contributed by atoms with Crippen LogP contribution < -0.4 is 0 Å². The summed E-state index contributed by atoms with van der Waals surface area (Å²) in [7, 11) is 0. The highest BCUT2D eigenvalue weighted by atomic mass is 16.5. The van der Waals surface area contributed by atoms with Gasteiger partial charge in [-0.1, -0.05) is 19.0 Å². The number of hydrogen-bond acceptors (Lipinski definition) is 3. The van der Waals surface area contributed by atoms with Gasteiger partial charge in [-0.05, 0) is 38.7 Å². The van der Waals surface area contributed by atoms with Crippen LogP contribution in [-0.2, 0) is 6.42 Å². The minimum atomic E-state index is 0.0264. The van der Waals surface area contributed by atoms with Crippen LogP contribution in [0.2, 0.25) is 0 Å². The van der Waals surface area contributed by atoms with E-state index < -0.39 is 0 Å². The Balaban J connectivity index is 2.08. The molecular formula is C17H22N2O2. The number of hydrogen-bond donors (Lipinski definition) is 0. The Hall–Kier alpha value is -1.84.